The number of fused-ring (bicyclic) bond motifs is 1. The number of imidazole rings is 1. The first-order chi connectivity index (χ1) is 14.5. The van der Waals surface area contributed by atoms with Crippen molar-refractivity contribution < 1.29 is 9.84 Å². The average Bonchev–Trinajstić information content (AvgIpc) is 3.10. The second-order valence-corrected chi connectivity index (χ2v) is 7.42. The van der Waals surface area contributed by atoms with E-state index in [-0.39, 0.29) is 25.4 Å². The summed E-state index contributed by atoms with van der Waals surface area (Å²) in [5.74, 6) is 1.10. The zero-order chi connectivity index (χ0) is 21.7. The maximum absolute atomic E-state index is 13.2. The Bertz CT molecular complexity index is 1110. The highest BCUT2D eigenvalue weighted by Gasteiger charge is 2.20. The van der Waals surface area contributed by atoms with Gasteiger partial charge in [0.05, 0.1) is 6.54 Å². The van der Waals surface area contributed by atoms with Gasteiger partial charge in [-0.25, -0.2) is 9.78 Å². The smallest absolute Gasteiger partial charge is 0.332 e. The Morgan fingerprint density at radius 2 is 1.70 bits per heavy atom. The fraction of sp³-hybridized carbons (Fsp3) is 0.500. The lowest BCUT2D eigenvalue weighted by Gasteiger charge is -2.13. The third-order valence-electron chi connectivity index (χ3n) is 5.12. The van der Waals surface area contributed by atoms with Gasteiger partial charge in [-0.05, 0) is 31.9 Å². The molecule has 162 valence electrons. The summed E-state index contributed by atoms with van der Waals surface area (Å²) >= 11 is 0. The van der Waals surface area contributed by atoms with Gasteiger partial charge in [0.25, 0.3) is 5.56 Å². The van der Waals surface area contributed by atoms with E-state index in [4.69, 9.17) is 4.74 Å². The number of nitrogens with zero attached hydrogens (tertiary/aromatic N) is 4. The molecule has 0 fully saturated rings. The molecule has 3 rings (SSSR count). The van der Waals surface area contributed by atoms with Crippen LogP contribution in [0.1, 0.15) is 44.5 Å². The van der Waals surface area contributed by atoms with Crippen molar-refractivity contribution in [1.82, 2.24) is 18.7 Å². The number of aliphatic hydroxyl groups excluding tert-OH is 1. The minimum Gasteiger partial charge on any atom is -0.492 e. The summed E-state index contributed by atoms with van der Waals surface area (Å²) < 4.78 is 10.3. The maximum Gasteiger partial charge on any atom is 0.332 e. The van der Waals surface area contributed by atoms with Gasteiger partial charge in [-0.15, -0.1) is 0 Å². The van der Waals surface area contributed by atoms with Crippen molar-refractivity contribution in [3.8, 4) is 5.75 Å². The number of ether oxygens (including phenoxy) is 1. The Hall–Kier alpha value is -2.87. The van der Waals surface area contributed by atoms with E-state index in [0.717, 1.165) is 24.8 Å². The Morgan fingerprint density at radius 1 is 0.967 bits per heavy atom. The van der Waals surface area contributed by atoms with E-state index in [9.17, 15) is 14.7 Å². The van der Waals surface area contributed by atoms with Crippen LogP contribution in [-0.4, -0.2) is 30.4 Å². The van der Waals surface area contributed by atoms with E-state index >= 15 is 0 Å². The van der Waals surface area contributed by atoms with Crippen LogP contribution in [-0.2, 0) is 26.2 Å². The summed E-state index contributed by atoms with van der Waals surface area (Å²) in [4.78, 5) is 30.8. The third kappa shape index (κ3) is 4.33. The Morgan fingerprint density at radius 3 is 2.33 bits per heavy atom. The van der Waals surface area contributed by atoms with Crippen molar-refractivity contribution in [2.45, 2.75) is 66.3 Å². The van der Waals surface area contributed by atoms with E-state index in [2.05, 4.69) is 4.98 Å². The highest BCUT2D eigenvalue weighted by Crippen LogP contribution is 2.14. The first-order valence-corrected chi connectivity index (χ1v) is 10.5. The van der Waals surface area contributed by atoms with Gasteiger partial charge in [-0.3, -0.25) is 13.9 Å². The molecule has 0 unspecified atom stereocenters. The predicted molar refractivity (Wildman–Crippen MR) is 116 cm³/mol. The molecule has 2 heterocycles. The molecule has 8 heteroatoms. The zero-order valence-corrected chi connectivity index (χ0v) is 17.9. The first-order valence-electron chi connectivity index (χ1n) is 10.5. The number of benzene rings is 1. The molecule has 1 N–H and O–H groups in total. The molecule has 0 amide bonds. The SMILES string of the molecule is CCCCn1c(=O)n(CCOc2ccc(C)cc2)c(=O)c2c1nc(CO)n2CCC. The fourth-order valence-corrected chi connectivity index (χ4v) is 3.53. The normalized spacial score (nSPS) is 11.3. The van der Waals surface area contributed by atoms with Crippen LogP contribution in [0.3, 0.4) is 0 Å². The molecule has 0 aliphatic rings. The van der Waals surface area contributed by atoms with E-state index < -0.39 is 5.56 Å². The summed E-state index contributed by atoms with van der Waals surface area (Å²) in [7, 11) is 0. The molecule has 3 aromatic rings. The Kier molecular flexibility index (Phi) is 7.10. The predicted octanol–water partition coefficient (Wildman–Crippen LogP) is 2.45. The number of unbranched alkanes of at least 4 members (excludes halogenated alkanes) is 1. The fourth-order valence-electron chi connectivity index (χ4n) is 3.53. The molecule has 0 bridgehead atoms. The summed E-state index contributed by atoms with van der Waals surface area (Å²) in [6.45, 7) is 7.11. The van der Waals surface area contributed by atoms with Gasteiger partial charge in [-0.2, -0.15) is 0 Å². The van der Waals surface area contributed by atoms with Crippen molar-refractivity contribution in [2.24, 2.45) is 0 Å². The third-order valence-corrected chi connectivity index (χ3v) is 5.12. The van der Waals surface area contributed by atoms with Crippen molar-refractivity contribution in [1.29, 1.82) is 0 Å². The Balaban J connectivity index is 2.03. The van der Waals surface area contributed by atoms with Crippen molar-refractivity contribution >= 4 is 11.2 Å². The molecule has 0 aliphatic heterocycles. The summed E-state index contributed by atoms with van der Waals surface area (Å²) in [5, 5.41) is 9.73. The van der Waals surface area contributed by atoms with E-state index in [1.54, 1.807) is 9.13 Å². The maximum atomic E-state index is 13.2. The van der Waals surface area contributed by atoms with E-state index in [1.807, 2.05) is 45.0 Å². The van der Waals surface area contributed by atoms with Gasteiger partial charge in [0.2, 0.25) is 0 Å². The number of hydrogen-bond acceptors (Lipinski definition) is 5. The van der Waals surface area contributed by atoms with E-state index in [0.29, 0.717) is 35.8 Å². The molecule has 2 aromatic heterocycles. The van der Waals surface area contributed by atoms with Crippen molar-refractivity contribution in [3.63, 3.8) is 0 Å². The van der Waals surface area contributed by atoms with Gasteiger partial charge in [0.1, 0.15) is 24.8 Å². The molecular weight excluding hydrogens is 384 g/mol. The van der Waals surface area contributed by atoms with Crippen molar-refractivity contribution in [3.05, 3.63) is 56.5 Å². The van der Waals surface area contributed by atoms with Gasteiger partial charge < -0.3 is 14.4 Å². The number of aromatic nitrogens is 4. The van der Waals surface area contributed by atoms with Crippen LogP contribution in [0, 0.1) is 6.92 Å². The van der Waals surface area contributed by atoms with Crippen LogP contribution in [0.25, 0.3) is 11.2 Å². The summed E-state index contributed by atoms with van der Waals surface area (Å²) in [5.41, 5.74) is 1.07. The highest BCUT2D eigenvalue weighted by molar-refractivity contribution is 5.71. The summed E-state index contributed by atoms with van der Waals surface area (Å²) in [6.07, 6.45) is 2.48. The van der Waals surface area contributed by atoms with Crippen LogP contribution >= 0.6 is 0 Å². The average molecular weight is 415 g/mol. The molecule has 0 radical (unpaired) electrons. The van der Waals surface area contributed by atoms with Gasteiger partial charge in [-0.1, -0.05) is 38.0 Å². The van der Waals surface area contributed by atoms with Crippen LogP contribution in [0.15, 0.2) is 33.9 Å². The molecule has 0 saturated carbocycles. The summed E-state index contributed by atoms with van der Waals surface area (Å²) in [6, 6.07) is 7.63. The van der Waals surface area contributed by atoms with Gasteiger partial charge in [0.15, 0.2) is 11.2 Å². The number of aryl methyl sites for hydroxylation is 3. The largest absolute Gasteiger partial charge is 0.492 e. The minimum atomic E-state index is -0.393. The van der Waals surface area contributed by atoms with E-state index in [1.165, 1.54) is 4.57 Å². The Labute approximate surface area is 175 Å². The monoisotopic (exact) mass is 414 g/mol. The van der Waals surface area contributed by atoms with Crippen LogP contribution in [0.4, 0.5) is 0 Å². The topological polar surface area (TPSA) is 91.3 Å². The molecule has 30 heavy (non-hydrogen) atoms. The lowest BCUT2D eigenvalue weighted by Crippen LogP contribution is -2.41. The molecule has 0 saturated heterocycles. The van der Waals surface area contributed by atoms with Crippen molar-refractivity contribution in [2.75, 3.05) is 6.61 Å². The minimum absolute atomic E-state index is 0.138. The number of hydrogen-bond donors (Lipinski definition) is 1. The van der Waals surface area contributed by atoms with Crippen LogP contribution in [0.5, 0.6) is 5.75 Å². The second kappa shape index (κ2) is 9.75. The second-order valence-electron chi connectivity index (χ2n) is 7.42. The van der Waals surface area contributed by atoms with Gasteiger partial charge >= 0.3 is 5.69 Å². The lowest BCUT2D eigenvalue weighted by atomic mass is 10.2. The standard InChI is InChI=1S/C22H30N4O4/c1-4-6-12-25-20-19(24(11-5-2)18(15-27)23-20)21(28)26(22(25)29)13-14-30-17-9-7-16(3)8-10-17/h7-10,27H,4-6,11-15H2,1-3H3. The highest BCUT2D eigenvalue weighted by atomic mass is 16.5. The number of rotatable bonds is 10. The lowest BCUT2D eigenvalue weighted by molar-refractivity contribution is 0.265. The number of aliphatic hydroxyl groups is 1. The molecule has 0 spiro atoms. The molecule has 0 aliphatic carbocycles. The van der Waals surface area contributed by atoms with Gasteiger partial charge in [0, 0.05) is 13.1 Å². The quantitative estimate of drug-likeness (QED) is 0.550. The van der Waals surface area contributed by atoms with Crippen LogP contribution in [0.2, 0.25) is 0 Å². The molecule has 8 nitrogen and oxygen atoms in total. The molecule has 1 aromatic carbocycles. The molecule has 0 atom stereocenters. The van der Waals surface area contributed by atoms with Crippen LogP contribution < -0.4 is 16.0 Å². The first kappa shape index (κ1) is 21.8. The zero-order valence-electron chi connectivity index (χ0n) is 17.9. The molecular formula is C22H30N4O4.